The summed E-state index contributed by atoms with van der Waals surface area (Å²) in [7, 11) is 1.57. The van der Waals surface area contributed by atoms with Crippen LogP contribution in [0.3, 0.4) is 0 Å². The zero-order valence-corrected chi connectivity index (χ0v) is 20.4. The molecule has 0 spiro atoms. The van der Waals surface area contributed by atoms with E-state index >= 15 is 0 Å². The molecule has 35 heavy (non-hydrogen) atoms. The lowest BCUT2D eigenvalue weighted by atomic mass is 10.1. The van der Waals surface area contributed by atoms with Crippen molar-refractivity contribution in [2.24, 2.45) is 4.99 Å². The first-order chi connectivity index (χ1) is 16.9. The number of nitrogens with zero attached hydrogens (tertiary/aromatic N) is 2. The summed E-state index contributed by atoms with van der Waals surface area (Å²) in [6, 6.07) is 18.8. The fourth-order valence-electron chi connectivity index (χ4n) is 3.44. The van der Waals surface area contributed by atoms with Crippen LogP contribution >= 0.6 is 11.8 Å². The monoisotopic (exact) mass is 489 g/mol. The predicted molar refractivity (Wildman–Crippen MR) is 139 cm³/mol. The number of halogens is 1. The molecule has 1 heterocycles. The zero-order chi connectivity index (χ0) is 24.9. The number of rotatable bonds is 6. The molecule has 0 bridgehead atoms. The minimum Gasteiger partial charge on any atom is -0.497 e. The summed E-state index contributed by atoms with van der Waals surface area (Å²) in [5.74, 6) is -0.593. The van der Waals surface area contributed by atoms with Gasteiger partial charge in [-0.15, -0.1) is 0 Å². The maximum atomic E-state index is 14.6. The zero-order valence-electron chi connectivity index (χ0n) is 19.5. The number of amidine groups is 1. The Morgan fingerprint density at radius 1 is 1.09 bits per heavy atom. The lowest BCUT2D eigenvalue weighted by molar-refractivity contribution is -0.114. The van der Waals surface area contributed by atoms with E-state index in [4.69, 9.17) is 4.74 Å². The molecule has 0 saturated carbocycles. The summed E-state index contributed by atoms with van der Waals surface area (Å²) in [4.78, 5) is 31.5. The predicted octanol–water partition coefficient (Wildman–Crippen LogP) is 5.57. The first-order valence-corrected chi connectivity index (χ1v) is 11.9. The molecule has 1 aliphatic rings. The van der Waals surface area contributed by atoms with Crippen LogP contribution in [0, 0.1) is 19.7 Å². The number of methoxy groups -OCH3 is 1. The summed E-state index contributed by atoms with van der Waals surface area (Å²) in [5, 5.41) is 3.09. The van der Waals surface area contributed by atoms with Gasteiger partial charge in [-0.3, -0.25) is 14.5 Å². The number of aliphatic imine (C=N–C) groups is 1. The van der Waals surface area contributed by atoms with Crippen molar-refractivity contribution in [1.29, 1.82) is 0 Å². The Morgan fingerprint density at radius 3 is 2.51 bits per heavy atom. The molecule has 6 nitrogen and oxygen atoms in total. The SMILES string of the molecule is COc1ccc(C=C2N=C(SCC(=O)Nc3ccc(C)c(C)c3)N(c3ccccc3F)C2=O)cc1. The number of thioether (sulfide) groups is 1. The molecule has 0 unspecified atom stereocenters. The standard InChI is InChI=1S/C27H24FN3O3S/c1-17-8-11-20(14-18(17)2)29-25(32)16-35-27-30-23(15-19-9-12-21(34-3)13-10-19)26(33)31(27)24-7-5-4-6-22(24)28/h4-15H,16H2,1-3H3,(H,29,32). The topological polar surface area (TPSA) is 71.0 Å². The van der Waals surface area contributed by atoms with Crippen molar-refractivity contribution >= 4 is 46.2 Å². The van der Waals surface area contributed by atoms with Gasteiger partial charge in [0.1, 0.15) is 17.3 Å². The second kappa shape index (κ2) is 10.6. The number of anilines is 2. The molecule has 3 aromatic carbocycles. The van der Waals surface area contributed by atoms with Crippen molar-refractivity contribution in [3.63, 3.8) is 0 Å². The van der Waals surface area contributed by atoms with Gasteiger partial charge in [0.05, 0.1) is 18.6 Å². The van der Waals surface area contributed by atoms with E-state index < -0.39 is 11.7 Å². The summed E-state index contributed by atoms with van der Waals surface area (Å²) < 4.78 is 19.8. The molecule has 178 valence electrons. The molecule has 4 rings (SSSR count). The maximum Gasteiger partial charge on any atom is 0.283 e. The van der Waals surface area contributed by atoms with E-state index in [0.717, 1.165) is 28.5 Å². The molecular formula is C27H24FN3O3S. The number of nitrogens with one attached hydrogen (secondary N) is 1. The number of hydrogen-bond acceptors (Lipinski definition) is 5. The Labute approximate surface area is 207 Å². The summed E-state index contributed by atoms with van der Waals surface area (Å²) in [6.45, 7) is 3.97. The Hall–Kier alpha value is -3.91. The minimum atomic E-state index is -0.556. The number of hydrogen-bond donors (Lipinski definition) is 1. The van der Waals surface area contributed by atoms with E-state index in [-0.39, 0.29) is 28.2 Å². The number of ether oxygens (including phenoxy) is 1. The molecule has 8 heteroatoms. The van der Waals surface area contributed by atoms with Gasteiger partial charge in [-0.05, 0) is 73.0 Å². The molecule has 0 saturated heterocycles. The molecule has 0 fully saturated rings. The smallest absolute Gasteiger partial charge is 0.283 e. The van der Waals surface area contributed by atoms with Crippen LogP contribution in [0.25, 0.3) is 6.08 Å². The maximum absolute atomic E-state index is 14.6. The second-order valence-electron chi connectivity index (χ2n) is 7.92. The lowest BCUT2D eigenvalue weighted by Crippen LogP contribution is -2.32. The van der Waals surface area contributed by atoms with E-state index in [1.54, 1.807) is 49.6 Å². The van der Waals surface area contributed by atoms with Crippen molar-refractivity contribution in [2.75, 3.05) is 23.1 Å². The van der Waals surface area contributed by atoms with Crippen molar-refractivity contribution < 1.29 is 18.7 Å². The Bertz CT molecular complexity index is 1340. The van der Waals surface area contributed by atoms with Crippen LogP contribution in [0.15, 0.2) is 77.4 Å². The highest BCUT2D eigenvalue weighted by Gasteiger charge is 2.33. The molecule has 0 atom stereocenters. The highest BCUT2D eigenvalue weighted by molar-refractivity contribution is 8.14. The van der Waals surface area contributed by atoms with Crippen LogP contribution in [0.2, 0.25) is 0 Å². The van der Waals surface area contributed by atoms with Gasteiger partial charge in [0.2, 0.25) is 5.91 Å². The molecule has 0 aromatic heterocycles. The summed E-state index contributed by atoms with van der Waals surface area (Å²) in [6.07, 6.45) is 1.62. The van der Waals surface area contributed by atoms with Gasteiger partial charge in [-0.1, -0.05) is 42.1 Å². The Kier molecular flexibility index (Phi) is 7.31. The first kappa shape index (κ1) is 24.2. The minimum absolute atomic E-state index is 0.000193. The van der Waals surface area contributed by atoms with Crippen LogP contribution in [-0.2, 0) is 9.59 Å². The van der Waals surface area contributed by atoms with E-state index in [1.807, 2.05) is 32.0 Å². The lowest BCUT2D eigenvalue weighted by Gasteiger charge is -2.18. The summed E-state index contributed by atoms with van der Waals surface area (Å²) in [5.41, 5.74) is 3.86. The molecular weight excluding hydrogens is 465 g/mol. The molecule has 0 radical (unpaired) electrons. The Morgan fingerprint density at radius 2 is 1.83 bits per heavy atom. The molecule has 3 aromatic rings. The average molecular weight is 490 g/mol. The number of carbonyl (C=O) groups is 2. The Balaban J connectivity index is 1.57. The quantitative estimate of drug-likeness (QED) is 0.460. The van der Waals surface area contributed by atoms with E-state index in [0.29, 0.717) is 11.4 Å². The van der Waals surface area contributed by atoms with Gasteiger partial charge in [-0.25, -0.2) is 9.38 Å². The second-order valence-corrected chi connectivity index (χ2v) is 8.87. The third-order valence-corrected chi connectivity index (χ3v) is 6.40. The van der Waals surface area contributed by atoms with Crippen molar-refractivity contribution in [3.05, 3.63) is 94.9 Å². The van der Waals surface area contributed by atoms with Crippen molar-refractivity contribution in [3.8, 4) is 5.75 Å². The molecule has 1 aliphatic heterocycles. The highest BCUT2D eigenvalue weighted by atomic mass is 32.2. The third-order valence-electron chi connectivity index (χ3n) is 5.47. The number of amides is 2. The molecule has 0 aliphatic carbocycles. The number of aryl methyl sites for hydroxylation is 2. The molecule has 1 N–H and O–H groups in total. The number of para-hydroxylation sites is 1. The molecule has 2 amide bonds. The average Bonchev–Trinajstić information content (AvgIpc) is 3.15. The summed E-state index contributed by atoms with van der Waals surface area (Å²) >= 11 is 1.07. The van der Waals surface area contributed by atoms with Gasteiger partial charge in [0, 0.05) is 5.69 Å². The fraction of sp³-hybridized carbons (Fsp3) is 0.148. The normalized spacial score (nSPS) is 14.3. The fourth-order valence-corrected chi connectivity index (χ4v) is 4.25. The number of carbonyl (C=O) groups excluding carboxylic acids is 2. The van der Waals surface area contributed by atoms with E-state index in [9.17, 15) is 14.0 Å². The van der Waals surface area contributed by atoms with E-state index in [2.05, 4.69) is 10.3 Å². The van der Waals surface area contributed by atoms with Crippen molar-refractivity contribution in [2.45, 2.75) is 13.8 Å². The van der Waals surface area contributed by atoms with Crippen LogP contribution in [0.4, 0.5) is 15.8 Å². The van der Waals surface area contributed by atoms with Gasteiger partial charge in [0.15, 0.2) is 5.17 Å². The van der Waals surface area contributed by atoms with Crippen LogP contribution < -0.4 is 15.0 Å². The van der Waals surface area contributed by atoms with Crippen LogP contribution in [0.5, 0.6) is 5.75 Å². The first-order valence-electron chi connectivity index (χ1n) is 10.9. The van der Waals surface area contributed by atoms with Gasteiger partial charge in [-0.2, -0.15) is 0 Å². The third kappa shape index (κ3) is 5.60. The van der Waals surface area contributed by atoms with E-state index in [1.165, 1.54) is 17.0 Å². The van der Waals surface area contributed by atoms with Gasteiger partial charge >= 0.3 is 0 Å². The van der Waals surface area contributed by atoms with Gasteiger partial charge in [0.25, 0.3) is 5.91 Å². The van der Waals surface area contributed by atoms with Crippen LogP contribution in [-0.4, -0.2) is 29.8 Å². The van der Waals surface area contributed by atoms with Crippen LogP contribution in [0.1, 0.15) is 16.7 Å². The highest BCUT2D eigenvalue weighted by Crippen LogP contribution is 2.31. The van der Waals surface area contributed by atoms with Crippen molar-refractivity contribution in [1.82, 2.24) is 0 Å². The van der Waals surface area contributed by atoms with Gasteiger partial charge < -0.3 is 10.1 Å². The largest absolute Gasteiger partial charge is 0.497 e. The number of benzene rings is 3.